The van der Waals surface area contributed by atoms with Crippen LogP contribution in [-0.4, -0.2) is 97.9 Å². The molecule has 0 bridgehead atoms. The van der Waals surface area contributed by atoms with Crippen molar-refractivity contribution in [2.45, 2.75) is 6.04 Å². The summed E-state index contributed by atoms with van der Waals surface area (Å²) in [6.45, 7) is 1.11. The van der Waals surface area contributed by atoms with E-state index in [1.54, 1.807) is 7.05 Å². The summed E-state index contributed by atoms with van der Waals surface area (Å²) in [5, 5.41) is 8.39. The summed E-state index contributed by atoms with van der Waals surface area (Å²) < 4.78 is 0.844. The van der Waals surface area contributed by atoms with Crippen molar-refractivity contribution < 1.29 is 19.2 Å². The van der Waals surface area contributed by atoms with Gasteiger partial charge in [0, 0.05) is 14.1 Å². The van der Waals surface area contributed by atoms with Gasteiger partial charge in [-0.15, -0.1) is 0 Å². The van der Waals surface area contributed by atoms with E-state index in [4.69, 9.17) is 5.11 Å². The highest BCUT2D eigenvalue weighted by molar-refractivity contribution is 6.23. The van der Waals surface area contributed by atoms with Crippen LogP contribution in [0.2, 0.25) is 0 Å². The van der Waals surface area contributed by atoms with Crippen LogP contribution in [0.3, 0.4) is 0 Å². The van der Waals surface area contributed by atoms with Crippen molar-refractivity contribution in [3.05, 3.63) is 0 Å². The number of fused-ring (bicyclic) bond motifs is 1. The van der Waals surface area contributed by atoms with Crippen molar-refractivity contribution in [1.82, 2.24) is 9.80 Å². The maximum absolute atomic E-state index is 11.4. The van der Waals surface area contributed by atoms with Gasteiger partial charge in [-0.2, -0.15) is 0 Å². The molecule has 1 unspecified atom stereocenters. The Labute approximate surface area is 118 Å². The number of hydrogen-bond donors (Lipinski definition) is 1. The third-order valence-corrected chi connectivity index (χ3v) is 2.90. The molecule has 112 valence electrons. The number of quaternary nitrogens is 1. The Bertz CT molecular complexity index is 452. The number of nitrogens with zero attached hydrogens (tertiary/aromatic N) is 5. The second-order valence-electron chi connectivity index (χ2n) is 5.63. The minimum atomic E-state index is -0.618. The smallest absolute Gasteiger partial charge is 0.331 e. The Morgan fingerprint density at radius 3 is 2.30 bits per heavy atom. The van der Waals surface area contributed by atoms with Gasteiger partial charge in [-0.3, -0.25) is 19.6 Å². The number of carbonyl (C=O) groups is 2. The molecule has 2 aliphatic rings. The second-order valence-corrected chi connectivity index (χ2v) is 5.63. The average molecular weight is 284 g/mol. The summed E-state index contributed by atoms with van der Waals surface area (Å²) in [6, 6.07) is -0.988. The number of imide groups is 1. The van der Waals surface area contributed by atoms with E-state index in [1.807, 2.05) is 0 Å². The van der Waals surface area contributed by atoms with E-state index < -0.39 is 6.04 Å². The monoisotopic (exact) mass is 284 g/mol. The summed E-state index contributed by atoms with van der Waals surface area (Å²) in [7, 11) is 9.17. The van der Waals surface area contributed by atoms with E-state index in [9.17, 15) is 9.59 Å². The van der Waals surface area contributed by atoms with Crippen LogP contribution < -0.4 is 0 Å². The maximum atomic E-state index is 11.4. The Hall–Kier alpha value is -1.80. The minimum absolute atomic E-state index is 0.281. The van der Waals surface area contributed by atoms with Crippen LogP contribution in [-0.2, 0) is 4.79 Å². The number of aliphatic imine (C=N–C) groups is 2. The zero-order valence-corrected chi connectivity index (χ0v) is 12.6. The van der Waals surface area contributed by atoms with Gasteiger partial charge in [0.05, 0.1) is 27.7 Å². The molecule has 0 spiro atoms. The fraction of sp³-hybridized carbons (Fsp3) is 0.667. The van der Waals surface area contributed by atoms with Gasteiger partial charge in [0.1, 0.15) is 18.7 Å². The molecule has 1 fully saturated rings. The van der Waals surface area contributed by atoms with Crippen molar-refractivity contribution in [2.75, 3.05) is 48.4 Å². The summed E-state index contributed by atoms with van der Waals surface area (Å²) in [4.78, 5) is 32.9. The average Bonchev–Trinajstić information content (AvgIpc) is 2.82. The SMILES string of the molecule is CN1C(=O)C2N=CN=C2N(C)C1=O.C[N+](C)(C)CCO. The summed E-state index contributed by atoms with van der Waals surface area (Å²) in [5.41, 5.74) is 0. The van der Waals surface area contributed by atoms with Crippen LogP contribution in [0.15, 0.2) is 9.98 Å². The molecule has 2 heterocycles. The molecule has 1 saturated heterocycles. The lowest BCUT2D eigenvalue weighted by atomic mass is 10.2. The topological polar surface area (TPSA) is 85.6 Å². The van der Waals surface area contributed by atoms with E-state index >= 15 is 0 Å². The van der Waals surface area contributed by atoms with E-state index in [1.165, 1.54) is 18.3 Å². The summed E-state index contributed by atoms with van der Waals surface area (Å²) in [5.74, 6) is 0.0868. The molecule has 0 saturated carbocycles. The Balaban J connectivity index is 0.000000246. The first kappa shape index (κ1) is 16.3. The summed E-state index contributed by atoms with van der Waals surface area (Å²) >= 11 is 0. The predicted octanol–water partition coefficient (Wildman–Crippen LogP) is -0.996. The third-order valence-electron chi connectivity index (χ3n) is 2.90. The number of amides is 3. The van der Waals surface area contributed by atoms with Crippen molar-refractivity contribution >= 4 is 24.1 Å². The lowest BCUT2D eigenvalue weighted by Gasteiger charge is -2.31. The van der Waals surface area contributed by atoms with Crippen LogP contribution in [0.25, 0.3) is 0 Å². The van der Waals surface area contributed by atoms with Crippen LogP contribution in [0.1, 0.15) is 0 Å². The van der Waals surface area contributed by atoms with Gasteiger partial charge in [-0.1, -0.05) is 0 Å². The molecule has 8 nitrogen and oxygen atoms in total. The van der Waals surface area contributed by atoms with Gasteiger partial charge in [0.2, 0.25) is 0 Å². The number of carbonyl (C=O) groups excluding carboxylic acids is 2. The number of urea groups is 1. The number of hydrogen-bond acceptors (Lipinski definition) is 5. The van der Waals surface area contributed by atoms with Gasteiger partial charge in [-0.25, -0.2) is 9.79 Å². The molecule has 0 aliphatic carbocycles. The van der Waals surface area contributed by atoms with Crippen molar-refractivity contribution in [1.29, 1.82) is 0 Å². The number of amidine groups is 1. The molecule has 1 N–H and O–H groups in total. The Morgan fingerprint density at radius 1 is 1.25 bits per heavy atom. The molecule has 0 aromatic carbocycles. The fourth-order valence-electron chi connectivity index (χ4n) is 1.64. The van der Waals surface area contributed by atoms with Crippen LogP contribution >= 0.6 is 0 Å². The van der Waals surface area contributed by atoms with Crippen LogP contribution in [0.4, 0.5) is 4.79 Å². The van der Waals surface area contributed by atoms with E-state index in [0.29, 0.717) is 5.84 Å². The number of rotatable bonds is 2. The predicted molar refractivity (Wildman–Crippen MR) is 75.6 cm³/mol. The molecule has 0 radical (unpaired) electrons. The highest BCUT2D eigenvalue weighted by Gasteiger charge is 2.41. The second kappa shape index (κ2) is 6.10. The first-order chi connectivity index (χ1) is 9.19. The zero-order valence-electron chi connectivity index (χ0n) is 12.6. The first-order valence-electron chi connectivity index (χ1n) is 6.25. The number of aliphatic hydroxyl groups is 1. The molecule has 1 atom stereocenters. The van der Waals surface area contributed by atoms with Crippen LogP contribution in [0.5, 0.6) is 0 Å². The lowest BCUT2D eigenvalue weighted by molar-refractivity contribution is -0.870. The van der Waals surface area contributed by atoms with E-state index in [0.717, 1.165) is 15.9 Å². The minimum Gasteiger partial charge on any atom is -0.391 e. The molecule has 2 rings (SSSR count). The summed E-state index contributed by atoms with van der Waals surface area (Å²) in [6.07, 6.45) is 1.31. The van der Waals surface area contributed by atoms with Gasteiger partial charge < -0.3 is 9.59 Å². The van der Waals surface area contributed by atoms with Crippen LogP contribution in [0, 0.1) is 0 Å². The lowest BCUT2D eigenvalue weighted by Crippen LogP contribution is -2.58. The molecule has 0 aromatic rings. The van der Waals surface area contributed by atoms with Crippen molar-refractivity contribution in [3.8, 4) is 0 Å². The van der Waals surface area contributed by atoms with Gasteiger partial charge in [0.15, 0.2) is 6.04 Å². The molecule has 0 aromatic heterocycles. The number of aliphatic hydroxyl groups excluding tert-OH is 1. The maximum Gasteiger partial charge on any atom is 0.331 e. The fourth-order valence-corrected chi connectivity index (χ4v) is 1.64. The molecule has 2 aliphatic heterocycles. The Morgan fingerprint density at radius 2 is 1.85 bits per heavy atom. The third kappa shape index (κ3) is 3.61. The molecular formula is C12H22N5O3+. The van der Waals surface area contributed by atoms with Gasteiger partial charge in [-0.05, 0) is 0 Å². The molecule has 20 heavy (non-hydrogen) atoms. The Kier molecular flexibility index (Phi) is 4.96. The highest BCUT2D eigenvalue weighted by atomic mass is 16.3. The zero-order chi connectivity index (χ0) is 15.5. The van der Waals surface area contributed by atoms with Gasteiger partial charge >= 0.3 is 6.03 Å². The molecule has 3 amide bonds. The van der Waals surface area contributed by atoms with Crippen molar-refractivity contribution in [2.24, 2.45) is 9.98 Å². The normalized spacial score (nSPS) is 21.5. The standard InChI is InChI=1S/C7H8N4O2.C5H14NO/c1-10-5-4(8-3-9-5)6(12)11(2)7(10)13;1-6(2,3)4-5-7/h3-4H,1-2H3;7H,4-5H2,1-3H3/q;+1. The van der Waals surface area contributed by atoms with Gasteiger partial charge in [0.25, 0.3) is 5.91 Å². The molecule has 8 heteroatoms. The quantitative estimate of drug-likeness (QED) is 0.660. The first-order valence-corrected chi connectivity index (χ1v) is 6.25. The largest absolute Gasteiger partial charge is 0.391 e. The molecular weight excluding hydrogens is 262 g/mol. The van der Waals surface area contributed by atoms with E-state index in [-0.39, 0.29) is 18.5 Å². The van der Waals surface area contributed by atoms with Crippen molar-refractivity contribution in [3.63, 3.8) is 0 Å². The van der Waals surface area contributed by atoms with E-state index in [2.05, 4.69) is 31.1 Å². The number of likely N-dealkylation sites (N-methyl/N-ethyl adjacent to an activating group) is 3. The highest BCUT2D eigenvalue weighted by Crippen LogP contribution is 2.15.